The van der Waals surface area contributed by atoms with Crippen molar-refractivity contribution in [3.8, 4) is 0 Å². The lowest BCUT2D eigenvalue weighted by atomic mass is 9.33. The molecular formula is C44H56O4. The van der Waals surface area contributed by atoms with Crippen LogP contribution in [0.5, 0.6) is 0 Å². The highest BCUT2D eigenvalue weighted by molar-refractivity contribution is 5.96. The second-order valence-corrected chi connectivity index (χ2v) is 18.3. The molecule has 0 amide bonds. The Labute approximate surface area is 288 Å². The zero-order chi connectivity index (χ0) is 34.3. The molecule has 48 heavy (non-hydrogen) atoms. The number of hydrogen-bond acceptors (Lipinski definition) is 4. The Kier molecular flexibility index (Phi) is 7.85. The van der Waals surface area contributed by atoms with Crippen molar-refractivity contribution in [3.63, 3.8) is 0 Å². The van der Waals surface area contributed by atoms with Gasteiger partial charge in [-0.25, -0.2) is 0 Å². The molecule has 5 aliphatic rings. The zero-order valence-electron chi connectivity index (χ0n) is 30.3. The monoisotopic (exact) mass is 648 g/mol. The number of fused-ring (bicyclic) bond motifs is 7. The Hall–Kier alpha value is -3.01. The summed E-state index contributed by atoms with van der Waals surface area (Å²) in [5.41, 5.74) is 1.71. The maximum atomic E-state index is 14.7. The number of benzene rings is 2. The van der Waals surface area contributed by atoms with E-state index in [1.54, 1.807) is 0 Å². The van der Waals surface area contributed by atoms with Crippen LogP contribution in [0.15, 0.2) is 72.3 Å². The van der Waals surface area contributed by atoms with Crippen LogP contribution in [-0.2, 0) is 19.1 Å². The summed E-state index contributed by atoms with van der Waals surface area (Å²) in [4.78, 5) is 41.9. The van der Waals surface area contributed by atoms with Crippen molar-refractivity contribution in [3.05, 3.63) is 83.4 Å². The largest absolute Gasteiger partial charge is 0.452 e. The second-order valence-electron chi connectivity index (χ2n) is 18.3. The molecule has 0 aliphatic heterocycles. The van der Waals surface area contributed by atoms with Crippen molar-refractivity contribution >= 4 is 18.0 Å². The topological polar surface area (TPSA) is 60.4 Å². The van der Waals surface area contributed by atoms with Gasteiger partial charge in [-0.3, -0.25) is 9.59 Å². The van der Waals surface area contributed by atoms with Gasteiger partial charge >= 0.3 is 5.97 Å². The number of aldehydes is 1. The average molecular weight is 649 g/mol. The maximum Gasteiger partial charge on any atom is 0.312 e. The molecule has 4 fully saturated rings. The first kappa shape index (κ1) is 33.5. The number of esters is 1. The van der Waals surface area contributed by atoms with Crippen LogP contribution in [0.4, 0.5) is 0 Å². The third kappa shape index (κ3) is 4.63. The van der Waals surface area contributed by atoms with Crippen LogP contribution in [0.25, 0.3) is 0 Å². The average Bonchev–Trinajstić information content (AvgIpc) is 3.08. The highest BCUT2D eigenvalue weighted by Crippen LogP contribution is 2.75. The fourth-order valence-corrected chi connectivity index (χ4v) is 12.3. The van der Waals surface area contributed by atoms with Crippen LogP contribution in [0, 0.1) is 56.2 Å². The van der Waals surface area contributed by atoms with E-state index in [0.717, 1.165) is 62.5 Å². The summed E-state index contributed by atoms with van der Waals surface area (Å²) in [7, 11) is 0. The summed E-state index contributed by atoms with van der Waals surface area (Å²) in [5.74, 6) is 0.734. The number of carbonyl (C=O) groups excluding carboxylic acids is 3. The Morgan fingerprint density at radius 3 is 2.02 bits per heavy atom. The normalized spacial score (nSPS) is 43.6. The minimum absolute atomic E-state index is 0.0460. The lowest BCUT2D eigenvalue weighted by Crippen LogP contribution is -2.66. The van der Waals surface area contributed by atoms with Crippen LogP contribution in [0.3, 0.4) is 0 Å². The molecule has 0 unspecified atom stereocenters. The predicted molar refractivity (Wildman–Crippen MR) is 190 cm³/mol. The third-order valence-electron chi connectivity index (χ3n) is 15.9. The molecule has 7 rings (SSSR count). The number of allylic oxidation sites excluding steroid dienone is 2. The van der Waals surface area contributed by atoms with E-state index in [1.165, 1.54) is 11.9 Å². The van der Waals surface area contributed by atoms with Crippen LogP contribution in [0.2, 0.25) is 0 Å². The van der Waals surface area contributed by atoms with Gasteiger partial charge in [0.15, 0.2) is 11.9 Å². The number of ketones is 1. The minimum atomic E-state index is -0.652. The molecule has 2 aromatic rings. The summed E-state index contributed by atoms with van der Waals surface area (Å²) in [6.45, 7) is 16.2. The molecule has 4 heteroatoms. The molecule has 0 N–H and O–H groups in total. The van der Waals surface area contributed by atoms with Crippen LogP contribution >= 0.6 is 0 Å². The first-order chi connectivity index (χ1) is 22.7. The van der Waals surface area contributed by atoms with E-state index in [1.807, 2.05) is 60.7 Å². The van der Waals surface area contributed by atoms with Gasteiger partial charge in [-0.05, 0) is 121 Å². The van der Waals surface area contributed by atoms with Crippen molar-refractivity contribution in [2.75, 3.05) is 0 Å². The second kappa shape index (κ2) is 11.3. The highest BCUT2D eigenvalue weighted by Gasteiger charge is 2.70. The van der Waals surface area contributed by atoms with Gasteiger partial charge in [0, 0.05) is 11.3 Å². The van der Waals surface area contributed by atoms with Gasteiger partial charge in [-0.15, -0.1) is 0 Å². The third-order valence-corrected chi connectivity index (χ3v) is 15.9. The van der Waals surface area contributed by atoms with E-state index in [0.29, 0.717) is 12.3 Å². The first-order valence-electron chi connectivity index (χ1n) is 18.7. The lowest BCUT2D eigenvalue weighted by molar-refractivity contribution is -0.194. The van der Waals surface area contributed by atoms with Gasteiger partial charge in [-0.2, -0.15) is 0 Å². The van der Waals surface area contributed by atoms with Gasteiger partial charge in [0.1, 0.15) is 6.29 Å². The summed E-state index contributed by atoms with van der Waals surface area (Å²) < 4.78 is 6.52. The molecule has 0 spiro atoms. The Balaban J connectivity index is 1.23. The first-order valence-corrected chi connectivity index (χ1v) is 18.7. The van der Waals surface area contributed by atoms with Crippen molar-refractivity contribution in [2.45, 2.75) is 112 Å². The molecule has 4 saturated carbocycles. The quantitative estimate of drug-likeness (QED) is 0.239. The van der Waals surface area contributed by atoms with E-state index in [-0.39, 0.29) is 51.2 Å². The van der Waals surface area contributed by atoms with Crippen LogP contribution < -0.4 is 0 Å². The summed E-state index contributed by atoms with van der Waals surface area (Å²) in [5, 5.41) is 0. The number of rotatable bonds is 5. The van der Waals surface area contributed by atoms with E-state index in [2.05, 4.69) is 54.5 Å². The number of carbonyl (C=O) groups is 3. The molecule has 0 heterocycles. The van der Waals surface area contributed by atoms with Crippen molar-refractivity contribution in [1.29, 1.82) is 0 Å². The Morgan fingerprint density at radius 2 is 1.42 bits per heavy atom. The lowest BCUT2D eigenvalue weighted by Gasteiger charge is -2.70. The van der Waals surface area contributed by atoms with Crippen LogP contribution in [-0.4, -0.2) is 18.0 Å². The SMILES string of the molecule is C[C@H]1CC[C@]2(C)[C@H]3C(=O)C=C4[C@@H]5C[C@@](C)(C(=O)OC(c6ccccc6)c6ccccc6)CC[C@]5(C)CC[C@@]4(C)[C@]3(C)CC[C@H]2[C@]1(C)C=O. The van der Waals surface area contributed by atoms with Gasteiger partial charge < -0.3 is 9.53 Å². The minimum Gasteiger partial charge on any atom is -0.452 e. The molecule has 0 saturated heterocycles. The fraction of sp³-hybridized carbons (Fsp3) is 0.614. The van der Waals surface area contributed by atoms with E-state index in [4.69, 9.17) is 4.74 Å². The van der Waals surface area contributed by atoms with E-state index in [9.17, 15) is 14.4 Å². The number of hydrogen-bond donors (Lipinski definition) is 0. The van der Waals surface area contributed by atoms with E-state index < -0.39 is 16.9 Å². The molecule has 256 valence electrons. The Bertz CT molecular complexity index is 1590. The molecule has 4 nitrogen and oxygen atoms in total. The van der Waals surface area contributed by atoms with E-state index >= 15 is 0 Å². The molecule has 0 aromatic heterocycles. The summed E-state index contributed by atoms with van der Waals surface area (Å²) in [6, 6.07) is 20.1. The summed E-state index contributed by atoms with van der Waals surface area (Å²) in [6.07, 6.45) is 11.4. The molecule has 5 aliphatic carbocycles. The predicted octanol–water partition coefficient (Wildman–Crippen LogP) is 10.1. The Morgan fingerprint density at radius 1 is 0.812 bits per heavy atom. The van der Waals surface area contributed by atoms with Crippen LogP contribution in [0.1, 0.15) is 123 Å². The summed E-state index contributed by atoms with van der Waals surface area (Å²) >= 11 is 0. The van der Waals surface area contributed by atoms with Gasteiger partial charge in [0.05, 0.1) is 5.41 Å². The molecular weight excluding hydrogens is 592 g/mol. The van der Waals surface area contributed by atoms with Crippen molar-refractivity contribution < 1.29 is 19.1 Å². The number of ether oxygens (including phenoxy) is 1. The molecule has 0 bridgehead atoms. The van der Waals surface area contributed by atoms with Gasteiger partial charge in [0.2, 0.25) is 0 Å². The smallest absolute Gasteiger partial charge is 0.312 e. The molecule has 2 aromatic carbocycles. The standard InChI is InChI=1S/C44H56O4/c1-29-18-20-41(4)35(42(29,5)28-45)19-21-44(7)37(41)34(46)26-32-33-27-40(3,23-22-39(33,2)24-25-43(32,44)6)38(47)48-36(30-14-10-8-11-15-30)31-16-12-9-13-17-31/h8-17,26,28-29,33,35-37H,18-25,27H2,1-7H3/t29-,33-,35+,37+,39+,40-,41-,42+,43+,44+/m0/s1. The van der Waals surface area contributed by atoms with Gasteiger partial charge in [-0.1, -0.05) is 108 Å². The highest BCUT2D eigenvalue weighted by atomic mass is 16.5. The molecule has 0 radical (unpaired) electrons. The van der Waals surface area contributed by atoms with Gasteiger partial charge in [0.25, 0.3) is 0 Å². The maximum absolute atomic E-state index is 14.7. The van der Waals surface area contributed by atoms with Crippen molar-refractivity contribution in [1.82, 2.24) is 0 Å². The van der Waals surface area contributed by atoms with Crippen molar-refractivity contribution in [2.24, 2.45) is 56.2 Å². The molecule has 10 atom stereocenters. The fourth-order valence-electron chi connectivity index (χ4n) is 12.3. The zero-order valence-corrected chi connectivity index (χ0v) is 30.3.